The highest BCUT2D eigenvalue weighted by atomic mass is 32.2. The molecule has 90 valence electrons. The highest BCUT2D eigenvalue weighted by Gasteiger charge is 2.03. The van der Waals surface area contributed by atoms with Gasteiger partial charge in [-0.3, -0.25) is 4.68 Å². The molecule has 0 saturated heterocycles. The summed E-state index contributed by atoms with van der Waals surface area (Å²) in [6.07, 6.45) is 3.26. The zero-order chi connectivity index (χ0) is 12.1. The van der Waals surface area contributed by atoms with E-state index < -0.39 is 0 Å². The maximum atomic E-state index is 9.19. The Morgan fingerprint density at radius 1 is 1.41 bits per heavy atom. The van der Waals surface area contributed by atoms with Crippen LogP contribution in [0.1, 0.15) is 11.1 Å². The van der Waals surface area contributed by atoms with Gasteiger partial charge in [0, 0.05) is 10.6 Å². The fraction of sp³-hybridized carbons (Fsp3) is 0.333. The Hall–Kier alpha value is -1.33. The van der Waals surface area contributed by atoms with Gasteiger partial charge >= 0.3 is 0 Å². The Morgan fingerprint density at radius 2 is 2.29 bits per heavy atom. The van der Waals surface area contributed by atoms with Crippen molar-refractivity contribution in [3.63, 3.8) is 0 Å². The number of aromatic nitrogens is 3. The fourth-order valence-electron chi connectivity index (χ4n) is 1.58. The van der Waals surface area contributed by atoms with Crippen LogP contribution in [0.15, 0.2) is 35.7 Å². The van der Waals surface area contributed by atoms with Crippen LogP contribution in [0.5, 0.6) is 0 Å². The van der Waals surface area contributed by atoms with Crippen molar-refractivity contribution in [2.24, 2.45) is 0 Å². The summed E-state index contributed by atoms with van der Waals surface area (Å²) in [7, 11) is 0. The Bertz CT molecular complexity index is 471. The Balaban J connectivity index is 1.95. The third-order valence-electron chi connectivity index (χ3n) is 2.61. The minimum absolute atomic E-state index is 0.101. The molecule has 0 spiro atoms. The minimum atomic E-state index is 0.101. The molecule has 0 amide bonds. The lowest BCUT2D eigenvalue weighted by molar-refractivity contribution is 0.280. The Kier molecular flexibility index (Phi) is 4.17. The van der Waals surface area contributed by atoms with E-state index in [4.69, 9.17) is 0 Å². The molecule has 17 heavy (non-hydrogen) atoms. The molecular weight excluding hydrogens is 234 g/mol. The van der Waals surface area contributed by atoms with E-state index in [0.29, 0.717) is 0 Å². The smallest absolute Gasteiger partial charge is 0.137 e. The molecule has 0 bridgehead atoms. The standard InChI is InChI=1S/C12H15N3OS/c1-10-11(7-16)3-2-4-12(10)17-6-5-15-9-13-8-14-15/h2-4,8-9,16H,5-7H2,1H3. The zero-order valence-electron chi connectivity index (χ0n) is 9.71. The molecule has 4 nitrogen and oxygen atoms in total. The van der Waals surface area contributed by atoms with Crippen LogP contribution in [0.4, 0.5) is 0 Å². The number of benzene rings is 1. The van der Waals surface area contributed by atoms with Crippen molar-refractivity contribution < 1.29 is 5.11 Å². The van der Waals surface area contributed by atoms with Crippen LogP contribution in [0.2, 0.25) is 0 Å². The van der Waals surface area contributed by atoms with Crippen LogP contribution in [0.3, 0.4) is 0 Å². The van der Waals surface area contributed by atoms with Gasteiger partial charge in [0.15, 0.2) is 0 Å². The summed E-state index contributed by atoms with van der Waals surface area (Å²) in [4.78, 5) is 5.12. The van der Waals surface area contributed by atoms with Gasteiger partial charge in [-0.2, -0.15) is 5.10 Å². The van der Waals surface area contributed by atoms with Gasteiger partial charge in [-0.1, -0.05) is 12.1 Å². The van der Waals surface area contributed by atoms with E-state index in [1.807, 2.05) is 23.7 Å². The first-order chi connectivity index (χ1) is 8.31. The number of aryl methyl sites for hydroxylation is 1. The second kappa shape index (κ2) is 5.84. The number of nitrogens with zero attached hydrogens (tertiary/aromatic N) is 3. The first kappa shape index (κ1) is 12.1. The minimum Gasteiger partial charge on any atom is -0.392 e. The average molecular weight is 249 g/mol. The van der Waals surface area contributed by atoms with Crippen molar-refractivity contribution in [2.75, 3.05) is 5.75 Å². The Morgan fingerprint density at radius 3 is 3.00 bits per heavy atom. The summed E-state index contributed by atoms with van der Waals surface area (Å²) in [6, 6.07) is 6.02. The van der Waals surface area contributed by atoms with Crippen LogP contribution in [-0.4, -0.2) is 25.6 Å². The molecule has 0 fully saturated rings. The molecule has 5 heteroatoms. The van der Waals surface area contributed by atoms with E-state index in [0.717, 1.165) is 17.9 Å². The van der Waals surface area contributed by atoms with E-state index >= 15 is 0 Å². The zero-order valence-corrected chi connectivity index (χ0v) is 10.5. The molecule has 2 rings (SSSR count). The maximum Gasteiger partial charge on any atom is 0.137 e. The molecule has 0 atom stereocenters. The van der Waals surface area contributed by atoms with Gasteiger partial charge < -0.3 is 5.11 Å². The third kappa shape index (κ3) is 3.08. The molecule has 0 unspecified atom stereocenters. The van der Waals surface area contributed by atoms with Crippen molar-refractivity contribution >= 4 is 11.8 Å². The van der Waals surface area contributed by atoms with Crippen molar-refractivity contribution in [3.05, 3.63) is 42.0 Å². The molecule has 0 aliphatic carbocycles. The lowest BCUT2D eigenvalue weighted by atomic mass is 10.1. The molecule has 1 heterocycles. The maximum absolute atomic E-state index is 9.19. The van der Waals surface area contributed by atoms with Gasteiger partial charge in [0.1, 0.15) is 12.7 Å². The molecule has 0 saturated carbocycles. The van der Waals surface area contributed by atoms with E-state index in [1.165, 1.54) is 10.5 Å². The van der Waals surface area contributed by atoms with Crippen LogP contribution >= 0.6 is 11.8 Å². The molecular formula is C12H15N3OS. The molecule has 1 aromatic heterocycles. The lowest BCUT2D eigenvalue weighted by Gasteiger charge is -2.09. The van der Waals surface area contributed by atoms with E-state index in [2.05, 4.69) is 16.1 Å². The highest BCUT2D eigenvalue weighted by Crippen LogP contribution is 2.24. The Labute approximate surface area is 105 Å². The summed E-state index contributed by atoms with van der Waals surface area (Å²) in [6.45, 7) is 2.99. The first-order valence-corrected chi connectivity index (χ1v) is 6.44. The molecule has 0 aliphatic rings. The fourth-order valence-corrected chi connectivity index (χ4v) is 2.61. The van der Waals surface area contributed by atoms with Crippen LogP contribution in [0.25, 0.3) is 0 Å². The van der Waals surface area contributed by atoms with Gasteiger partial charge in [0.05, 0.1) is 13.2 Å². The van der Waals surface area contributed by atoms with Gasteiger partial charge in [-0.05, 0) is 24.1 Å². The number of aliphatic hydroxyl groups is 1. The molecule has 2 aromatic rings. The predicted octanol–water partition coefficient (Wildman–Crippen LogP) is 1.87. The van der Waals surface area contributed by atoms with E-state index in [9.17, 15) is 5.11 Å². The summed E-state index contributed by atoms with van der Waals surface area (Å²) in [5.41, 5.74) is 2.16. The second-order valence-electron chi connectivity index (χ2n) is 3.71. The monoisotopic (exact) mass is 249 g/mol. The average Bonchev–Trinajstić information content (AvgIpc) is 2.84. The largest absolute Gasteiger partial charge is 0.392 e. The van der Waals surface area contributed by atoms with Gasteiger partial charge in [-0.15, -0.1) is 11.8 Å². The molecule has 1 aromatic carbocycles. The lowest BCUT2D eigenvalue weighted by Crippen LogP contribution is -2.01. The molecule has 0 radical (unpaired) electrons. The quantitative estimate of drug-likeness (QED) is 0.822. The van der Waals surface area contributed by atoms with E-state index in [1.54, 1.807) is 24.4 Å². The van der Waals surface area contributed by atoms with E-state index in [-0.39, 0.29) is 6.61 Å². The number of aliphatic hydroxyl groups excluding tert-OH is 1. The van der Waals surface area contributed by atoms with Crippen LogP contribution < -0.4 is 0 Å². The first-order valence-electron chi connectivity index (χ1n) is 5.46. The van der Waals surface area contributed by atoms with Crippen LogP contribution in [-0.2, 0) is 13.2 Å². The molecule has 1 N–H and O–H groups in total. The van der Waals surface area contributed by atoms with Crippen molar-refractivity contribution in [1.82, 2.24) is 14.8 Å². The van der Waals surface area contributed by atoms with Crippen molar-refractivity contribution in [2.45, 2.75) is 25.0 Å². The number of hydrogen-bond donors (Lipinski definition) is 1. The van der Waals surface area contributed by atoms with Gasteiger partial charge in [0.25, 0.3) is 0 Å². The van der Waals surface area contributed by atoms with Crippen LogP contribution in [0, 0.1) is 6.92 Å². The topological polar surface area (TPSA) is 50.9 Å². The predicted molar refractivity (Wildman–Crippen MR) is 67.8 cm³/mol. The summed E-state index contributed by atoms with van der Waals surface area (Å²) < 4.78 is 1.82. The molecule has 0 aliphatic heterocycles. The normalized spacial score (nSPS) is 10.7. The van der Waals surface area contributed by atoms with Gasteiger partial charge in [-0.25, -0.2) is 4.98 Å². The SMILES string of the molecule is Cc1c(CO)cccc1SCCn1cncn1. The summed E-state index contributed by atoms with van der Waals surface area (Å²) >= 11 is 1.78. The van der Waals surface area contributed by atoms with Crippen molar-refractivity contribution in [3.8, 4) is 0 Å². The van der Waals surface area contributed by atoms with Crippen molar-refractivity contribution in [1.29, 1.82) is 0 Å². The summed E-state index contributed by atoms with van der Waals surface area (Å²) in [5.74, 6) is 0.944. The number of hydrogen-bond acceptors (Lipinski definition) is 4. The second-order valence-corrected chi connectivity index (χ2v) is 4.84. The third-order valence-corrected chi connectivity index (χ3v) is 3.75. The highest BCUT2D eigenvalue weighted by molar-refractivity contribution is 7.99. The number of rotatable bonds is 5. The van der Waals surface area contributed by atoms with Gasteiger partial charge in [0.2, 0.25) is 0 Å². The summed E-state index contributed by atoms with van der Waals surface area (Å²) in [5, 5.41) is 13.2. The number of thioether (sulfide) groups is 1.